The van der Waals surface area contributed by atoms with E-state index in [1.165, 1.54) is 32.3 Å². The van der Waals surface area contributed by atoms with Crippen LogP contribution in [-0.2, 0) is 14.3 Å². The Morgan fingerprint density at radius 3 is 2.20 bits per heavy atom. The highest BCUT2D eigenvalue weighted by molar-refractivity contribution is 6.47. The van der Waals surface area contributed by atoms with Gasteiger partial charge in [-0.1, -0.05) is 35.3 Å². The van der Waals surface area contributed by atoms with Crippen molar-refractivity contribution in [3.05, 3.63) is 57.1 Å². The summed E-state index contributed by atoms with van der Waals surface area (Å²) in [4.78, 5) is 27.7. The van der Waals surface area contributed by atoms with Crippen LogP contribution in [0.15, 0.2) is 35.9 Å². The van der Waals surface area contributed by atoms with E-state index in [-0.39, 0.29) is 51.9 Å². The standard InChI is InChI=1S/C25H27Cl2NO7/c1-13(2)35-11-10-28-20(14-6-8-15(32-3)9-7-14)18(22(30)25(28)31)21(29)16-12-17(26)24(34-5)19(27)23(16)33-4/h6-9,12-13,20,29H,10-11H2,1-5H3/b21-18+. The summed E-state index contributed by atoms with van der Waals surface area (Å²) < 4.78 is 21.4. The van der Waals surface area contributed by atoms with Crippen molar-refractivity contribution >= 4 is 40.7 Å². The summed E-state index contributed by atoms with van der Waals surface area (Å²) in [6, 6.07) is 7.36. The number of carbonyl (C=O) groups excluding carboxylic acids is 2. The second kappa shape index (κ2) is 11.2. The van der Waals surface area contributed by atoms with Crippen molar-refractivity contribution < 1.29 is 33.6 Å². The molecule has 35 heavy (non-hydrogen) atoms. The van der Waals surface area contributed by atoms with Gasteiger partial charge in [0.05, 0.1) is 56.2 Å². The smallest absolute Gasteiger partial charge is 0.295 e. The molecule has 188 valence electrons. The number of amides is 1. The van der Waals surface area contributed by atoms with E-state index in [1.807, 2.05) is 13.8 Å². The Kier molecular flexibility index (Phi) is 8.53. The molecule has 1 saturated heterocycles. The zero-order valence-corrected chi connectivity index (χ0v) is 21.6. The molecule has 1 aliphatic rings. The van der Waals surface area contributed by atoms with Gasteiger partial charge in [-0.15, -0.1) is 0 Å². The molecule has 0 bridgehead atoms. The second-order valence-corrected chi connectivity index (χ2v) is 8.76. The first-order valence-corrected chi connectivity index (χ1v) is 11.6. The lowest BCUT2D eigenvalue weighted by Gasteiger charge is -2.26. The van der Waals surface area contributed by atoms with Crippen molar-refractivity contribution in [3.63, 3.8) is 0 Å². The molecule has 8 nitrogen and oxygen atoms in total. The summed E-state index contributed by atoms with van der Waals surface area (Å²) in [6.07, 6.45) is -0.0564. The van der Waals surface area contributed by atoms with Gasteiger partial charge >= 0.3 is 0 Å². The number of hydrogen-bond donors (Lipinski definition) is 1. The minimum atomic E-state index is -0.888. The van der Waals surface area contributed by atoms with Crippen molar-refractivity contribution in [1.82, 2.24) is 4.90 Å². The van der Waals surface area contributed by atoms with Crippen molar-refractivity contribution in [2.45, 2.75) is 26.0 Å². The van der Waals surface area contributed by atoms with E-state index < -0.39 is 23.5 Å². The topological polar surface area (TPSA) is 94.5 Å². The Labute approximate surface area is 213 Å². The molecule has 1 fully saturated rings. The van der Waals surface area contributed by atoms with Gasteiger partial charge in [-0.25, -0.2) is 0 Å². The van der Waals surface area contributed by atoms with Gasteiger partial charge in [-0.3, -0.25) is 9.59 Å². The maximum absolute atomic E-state index is 13.2. The molecule has 3 rings (SSSR count). The van der Waals surface area contributed by atoms with Crippen LogP contribution >= 0.6 is 23.2 Å². The summed E-state index contributed by atoms with van der Waals surface area (Å²) in [7, 11) is 4.28. The maximum Gasteiger partial charge on any atom is 0.295 e. The quantitative estimate of drug-likeness (QED) is 0.284. The third-order valence-corrected chi connectivity index (χ3v) is 6.17. The van der Waals surface area contributed by atoms with Gasteiger partial charge in [-0.05, 0) is 37.6 Å². The Morgan fingerprint density at radius 1 is 1.03 bits per heavy atom. The Balaban J connectivity index is 2.21. The van der Waals surface area contributed by atoms with Crippen molar-refractivity contribution in [2.75, 3.05) is 34.5 Å². The number of ether oxygens (including phenoxy) is 4. The summed E-state index contributed by atoms with van der Waals surface area (Å²) >= 11 is 12.7. The molecule has 0 aromatic heterocycles. The van der Waals surface area contributed by atoms with Crippen LogP contribution < -0.4 is 14.2 Å². The predicted molar refractivity (Wildman–Crippen MR) is 133 cm³/mol. The lowest BCUT2D eigenvalue weighted by atomic mass is 9.95. The van der Waals surface area contributed by atoms with Crippen LogP contribution in [0.4, 0.5) is 0 Å². The van der Waals surface area contributed by atoms with Crippen LogP contribution in [0.2, 0.25) is 10.0 Å². The number of Topliss-reactive ketones (excluding diaryl/α,β-unsaturated/α-hetero) is 1. The van der Waals surface area contributed by atoms with Gasteiger partial charge < -0.3 is 29.0 Å². The molecule has 2 aromatic carbocycles. The highest BCUT2D eigenvalue weighted by atomic mass is 35.5. The number of rotatable bonds is 9. The molecule has 0 aliphatic carbocycles. The zero-order valence-electron chi connectivity index (χ0n) is 20.1. The number of ketones is 1. The Morgan fingerprint density at radius 2 is 1.66 bits per heavy atom. The summed E-state index contributed by atoms with van der Waals surface area (Å²) in [5.74, 6) is -1.28. The SMILES string of the molecule is COc1ccc(C2/C(=C(\O)c3cc(Cl)c(OC)c(Cl)c3OC)C(=O)C(=O)N2CCOC(C)C)cc1. The van der Waals surface area contributed by atoms with E-state index in [1.54, 1.807) is 24.3 Å². The minimum Gasteiger partial charge on any atom is -0.507 e. The molecule has 1 unspecified atom stereocenters. The fourth-order valence-electron chi connectivity index (χ4n) is 3.92. The average Bonchev–Trinajstić information content (AvgIpc) is 3.08. The summed E-state index contributed by atoms with van der Waals surface area (Å²) in [5.41, 5.74) is 0.527. The van der Waals surface area contributed by atoms with Crippen LogP contribution in [0, 0.1) is 0 Å². The number of hydrogen-bond acceptors (Lipinski definition) is 7. The molecule has 0 spiro atoms. The molecule has 1 heterocycles. The zero-order chi connectivity index (χ0) is 25.9. The molecular formula is C25H27Cl2NO7. The van der Waals surface area contributed by atoms with Gasteiger partial charge in [-0.2, -0.15) is 0 Å². The molecule has 0 saturated carbocycles. The lowest BCUT2D eigenvalue weighted by molar-refractivity contribution is -0.140. The number of nitrogens with zero attached hydrogens (tertiary/aromatic N) is 1. The van der Waals surface area contributed by atoms with Gasteiger partial charge in [0.2, 0.25) is 0 Å². The minimum absolute atomic E-state index is 0.0182. The number of aliphatic hydroxyl groups excluding tert-OH is 1. The fourth-order valence-corrected chi connectivity index (χ4v) is 4.61. The number of halogens is 2. The first-order chi connectivity index (χ1) is 16.7. The van der Waals surface area contributed by atoms with Crippen molar-refractivity contribution in [1.29, 1.82) is 0 Å². The lowest BCUT2D eigenvalue weighted by Crippen LogP contribution is -2.33. The predicted octanol–water partition coefficient (Wildman–Crippen LogP) is 4.87. The molecule has 1 N–H and O–H groups in total. The van der Waals surface area contributed by atoms with Gasteiger partial charge in [0.1, 0.15) is 16.5 Å². The second-order valence-electron chi connectivity index (χ2n) is 7.97. The van der Waals surface area contributed by atoms with Gasteiger partial charge in [0.25, 0.3) is 11.7 Å². The normalized spacial score (nSPS) is 17.3. The number of benzene rings is 2. The summed E-state index contributed by atoms with van der Waals surface area (Å²) in [6.45, 7) is 4.09. The van der Waals surface area contributed by atoms with E-state index in [0.717, 1.165) is 0 Å². The van der Waals surface area contributed by atoms with Crippen molar-refractivity contribution in [2.24, 2.45) is 0 Å². The molecule has 1 atom stereocenters. The van der Waals surface area contributed by atoms with Crippen LogP contribution in [0.25, 0.3) is 5.76 Å². The summed E-state index contributed by atoms with van der Waals surface area (Å²) in [5, 5.41) is 11.5. The fraction of sp³-hybridized carbons (Fsp3) is 0.360. The van der Waals surface area contributed by atoms with Crippen LogP contribution in [0.1, 0.15) is 31.0 Å². The van der Waals surface area contributed by atoms with E-state index in [0.29, 0.717) is 11.3 Å². The number of aliphatic hydroxyl groups is 1. The third-order valence-electron chi connectivity index (χ3n) is 5.55. The molecule has 0 radical (unpaired) electrons. The van der Waals surface area contributed by atoms with E-state index in [9.17, 15) is 14.7 Å². The highest BCUT2D eigenvalue weighted by Gasteiger charge is 2.46. The average molecular weight is 524 g/mol. The molecule has 1 amide bonds. The largest absolute Gasteiger partial charge is 0.507 e. The number of likely N-dealkylation sites (tertiary alicyclic amines) is 1. The number of methoxy groups -OCH3 is 3. The molecular weight excluding hydrogens is 497 g/mol. The first kappa shape index (κ1) is 26.7. The van der Waals surface area contributed by atoms with E-state index in [4.69, 9.17) is 42.1 Å². The van der Waals surface area contributed by atoms with E-state index >= 15 is 0 Å². The number of carbonyl (C=O) groups is 2. The van der Waals surface area contributed by atoms with Crippen LogP contribution in [0.5, 0.6) is 17.2 Å². The molecule has 1 aliphatic heterocycles. The molecule has 2 aromatic rings. The van der Waals surface area contributed by atoms with Gasteiger partial charge in [0, 0.05) is 6.54 Å². The van der Waals surface area contributed by atoms with E-state index in [2.05, 4.69) is 0 Å². The first-order valence-electron chi connectivity index (χ1n) is 10.8. The highest BCUT2D eigenvalue weighted by Crippen LogP contribution is 2.47. The maximum atomic E-state index is 13.2. The van der Waals surface area contributed by atoms with Crippen molar-refractivity contribution in [3.8, 4) is 17.2 Å². The van der Waals surface area contributed by atoms with Gasteiger partial charge in [0.15, 0.2) is 11.5 Å². The Hall–Kier alpha value is -2.94. The third kappa shape index (κ3) is 5.19. The van der Waals surface area contributed by atoms with Crippen LogP contribution in [-0.4, -0.2) is 62.3 Å². The molecule has 10 heteroatoms. The monoisotopic (exact) mass is 523 g/mol. The van der Waals surface area contributed by atoms with Crippen LogP contribution in [0.3, 0.4) is 0 Å². The Bertz CT molecular complexity index is 1150.